The summed E-state index contributed by atoms with van der Waals surface area (Å²) < 4.78 is 11.4. The van der Waals surface area contributed by atoms with Crippen molar-refractivity contribution >= 4 is 11.8 Å². The number of hydrogen-bond acceptors (Lipinski definition) is 2. The van der Waals surface area contributed by atoms with E-state index in [4.69, 9.17) is 5.11 Å². The highest BCUT2D eigenvalue weighted by Gasteiger charge is 1.87. The minimum absolute atomic E-state index is 0.216. The molecule has 0 aromatic carbocycles. The Bertz CT molecular complexity index is 46.3. The summed E-state index contributed by atoms with van der Waals surface area (Å²) in [7, 11) is 0. The minimum Gasteiger partial charge on any atom is -0.396 e. The van der Waals surface area contributed by atoms with Crippen molar-refractivity contribution in [3.8, 4) is 0 Å². The van der Waals surface area contributed by atoms with Crippen molar-refractivity contribution in [1.29, 1.82) is 0 Å². The molecule has 0 saturated heterocycles. The fraction of sp³-hybridized carbons (Fsp3) is 1.00. The first kappa shape index (κ1) is 9.24. The third-order valence-electron chi connectivity index (χ3n) is 0.869. The van der Waals surface area contributed by atoms with Gasteiger partial charge in [-0.2, -0.15) is 11.8 Å². The molecule has 0 unspecified atom stereocenters. The van der Waals surface area contributed by atoms with Crippen LogP contribution in [-0.4, -0.2) is 29.9 Å². The van der Waals surface area contributed by atoms with Crippen molar-refractivity contribution in [2.75, 3.05) is 24.8 Å². The van der Waals surface area contributed by atoms with Gasteiger partial charge >= 0.3 is 0 Å². The van der Waals surface area contributed by atoms with Gasteiger partial charge in [0.15, 0.2) is 0 Å². The Balaban J connectivity index is 2.60. The predicted molar refractivity (Wildman–Crippen MR) is 39.6 cm³/mol. The first-order chi connectivity index (χ1) is 4.41. The lowest BCUT2D eigenvalue weighted by molar-refractivity contribution is 0.296. The van der Waals surface area contributed by atoms with Crippen LogP contribution in [0.15, 0.2) is 0 Å². The third kappa shape index (κ3) is 8.24. The van der Waals surface area contributed by atoms with Gasteiger partial charge in [0.1, 0.15) is 0 Å². The molecular formula is C6H13FOS. The van der Waals surface area contributed by atoms with Gasteiger partial charge in [-0.3, -0.25) is 4.39 Å². The van der Waals surface area contributed by atoms with Gasteiger partial charge in [-0.25, -0.2) is 0 Å². The molecule has 0 aromatic heterocycles. The summed E-state index contributed by atoms with van der Waals surface area (Å²) in [5.41, 5.74) is 0. The van der Waals surface area contributed by atoms with E-state index in [-0.39, 0.29) is 13.3 Å². The maximum Gasteiger partial charge on any atom is 0.0902 e. The monoisotopic (exact) mass is 152 g/mol. The molecule has 56 valence electrons. The average Bonchev–Trinajstić information content (AvgIpc) is 1.89. The topological polar surface area (TPSA) is 20.2 Å². The van der Waals surface area contributed by atoms with Crippen LogP contribution in [0.25, 0.3) is 0 Å². The van der Waals surface area contributed by atoms with Crippen molar-refractivity contribution < 1.29 is 9.50 Å². The minimum atomic E-state index is -0.216. The van der Waals surface area contributed by atoms with Gasteiger partial charge in [0, 0.05) is 6.61 Å². The van der Waals surface area contributed by atoms with Crippen LogP contribution in [-0.2, 0) is 0 Å². The van der Waals surface area contributed by atoms with E-state index in [0.717, 1.165) is 17.9 Å². The van der Waals surface area contributed by atoms with Gasteiger partial charge in [0.2, 0.25) is 0 Å². The quantitative estimate of drug-likeness (QED) is 0.581. The van der Waals surface area contributed by atoms with Crippen LogP contribution in [0.2, 0.25) is 0 Å². The largest absolute Gasteiger partial charge is 0.396 e. The molecule has 0 atom stereocenters. The molecule has 0 bridgehead atoms. The van der Waals surface area contributed by atoms with Gasteiger partial charge in [-0.15, -0.1) is 0 Å². The summed E-state index contributed by atoms with van der Waals surface area (Å²) in [6.07, 6.45) is 1.48. The SMILES string of the molecule is OCCCSCCCF. The molecule has 3 heteroatoms. The van der Waals surface area contributed by atoms with Crippen LogP contribution in [0.4, 0.5) is 4.39 Å². The lowest BCUT2D eigenvalue weighted by Crippen LogP contribution is -1.88. The number of aliphatic hydroxyl groups excluding tert-OH is 1. The molecule has 1 nitrogen and oxygen atoms in total. The Morgan fingerprint density at radius 3 is 2.44 bits per heavy atom. The van der Waals surface area contributed by atoms with Crippen LogP contribution in [0.1, 0.15) is 12.8 Å². The normalized spacial score (nSPS) is 10.0. The van der Waals surface area contributed by atoms with Crippen molar-refractivity contribution in [1.82, 2.24) is 0 Å². The zero-order valence-corrected chi connectivity index (χ0v) is 6.29. The number of halogens is 1. The van der Waals surface area contributed by atoms with E-state index in [1.807, 2.05) is 0 Å². The Kier molecular flexibility index (Phi) is 8.46. The predicted octanol–water partition coefficient (Wildman–Crippen LogP) is 1.46. The van der Waals surface area contributed by atoms with Crippen LogP contribution < -0.4 is 0 Å². The summed E-state index contributed by atoms with van der Waals surface area (Å²) in [6, 6.07) is 0. The fourth-order valence-corrected chi connectivity index (χ4v) is 1.28. The highest BCUT2D eigenvalue weighted by atomic mass is 32.2. The highest BCUT2D eigenvalue weighted by Crippen LogP contribution is 2.03. The number of rotatable bonds is 6. The second-order valence-electron chi connectivity index (χ2n) is 1.73. The smallest absolute Gasteiger partial charge is 0.0902 e. The zero-order valence-electron chi connectivity index (χ0n) is 5.48. The van der Waals surface area contributed by atoms with E-state index in [2.05, 4.69) is 0 Å². The first-order valence-corrected chi connectivity index (χ1v) is 4.32. The average molecular weight is 152 g/mol. The molecule has 0 aromatic rings. The van der Waals surface area contributed by atoms with E-state index >= 15 is 0 Å². The molecule has 0 amide bonds. The van der Waals surface area contributed by atoms with Gasteiger partial charge < -0.3 is 5.11 Å². The zero-order chi connectivity index (χ0) is 6.95. The van der Waals surface area contributed by atoms with E-state index < -0.39 is 0 Å². The van der Waals surface area contributed by atoms with Crippen molar-refractivity contribution in [2.24, 2.45) is 0 Å². The van der Waals surface area contributed by atoms with Gasteiger partial charge in [0.05, 0.1) is 6.67 Å². The maximum absolute atomic E-state index is 11.4. The standard InChI is InChI=1S/C6H13FOS/c7-3-1-5-9-6-2-4-8/h8H,1-6H2. The van der Waals surface area contributed by atoms with Crippen molar-refractivity contribution in [3.63, 3.8) is 0 Å². The lowest BCUT2D eigenvalue weighted by atomic mass is 10.5. The van der Waals surface area contributed by atoms with E-state index in [1.165, 1.54) is 0 Å². The first-order valence-electron chi connectivity index (χ1n) is 3.16. The number of aliphatic hydroxyl groups is 1. The molecule has 0 heterocycles. The second-order valence-corrected chi connectivity index (χ2v) is 2.96. The van der Waals surface area contributed by atoms with Crippen molar-refractivity contribution in [3.05, 3.63) is 0 Å². The van der Waals surface area contributed by atoms with Gasteiger partial charge in [0.25, 0.3) is 0 Å². The lowest BCUT2D eigenvalue weighted by Gasteiger charge is -1.95. The van der Waals surface area contributed by atoms with Gasteiger partial charge in [-0.05, 0) is 24.3 Å². The van der Waals surface area contributed by atoms with E-state index in [0.29, 0.717) is 6.42 Å². The molecule has 9 heavy (non-hydrogen) atoms. The molecular weight excluding hydrogens is 139 g/mol. The van der Waals surface area contributed by atoms with Crippen LogP contribution in [0, 0.1) is 0 Å². The molecule has 0 spiro atoms. The summed E-state index contributed by atoms with van der Waals surface area (Å²) >= 11 is 1.70. The molecule has 0 aliphatic carbocycles. The molecule has 0 rings (SSSR count). The van der Waals surface area contributed by atoms with Crippen LogP contribution in [0.5, 0.6) is 0 Å². The molecule has 0 saturated carbocycles. The van der Waals surface area contributed by atoms with Gasteiger partial charge in [-0.1, -0.05) is 0 Å². The van der Waals surface area contributed by atoms with Crippen LogP contribution >= 0.6 is 11.8 Å². The maximum atomic E-state index is 11.4. The summed E-state index contributed by atoms with van der Waals surface area (Å²) in [4.78, 5) is 0. The second kappa shape index (κ2) is 8.24. The molecule has 0 aliphatic heterocycles. The molecule has 0 radical (unpaired) electrons. The highest BCUT2D eigenvalue weighted by molar-refractivity contribution is 7.99. The Morgan fingerprint density at radius 1 is 1.22 bits per heavy atom. The molecule has 1 N–H and O–H groups in total. The summed E-state index contributed by atoms with van der Waals surface area (Å²) in [5, 5.41) is 8.34. The molecule has 0 aliphatic rings. The Hall–Kier alpha value is 0.240. The Labute approximate surface area is 59.6 Å². The molecule has 0 fully saturated rings. The Morgan fingerprint density at radius 2 is 1.89 bits per heavy atom. The fourth-order valence-electron chi connectivity index (χ4n) is 0.425. The number of thioether (sulfide) groups is 1. The summed E-state index contributed by atoms with van der Waals surface area (Å²) in [5.74, 6) is 1.84. The van der Waals surface area contributed by atoms with Crippen LogP contribution in [0.3, 0.4) is 0 Å². The van der Waals surface area contributed by atoms with E-state index in [9.17, 15) is 4.39 Å². The summed E-state index contributed by atoms with van der Waals surface area (Å²) in [6.45, 7) is 0.0365. The number of hydrogen-bond donors (Lipinski definition) is 1. The van der Waals surface area contributed by atoms with Crippen molar-refractivity contribution in [2.45, 2.75) is 12.8 Å². The van der Waals surface area contributed by atoms with E-state index in [1.54, 1.807) is 11.8 Å². The third-order valence-corrected chi connectivity index (χ3v) is 2.02. The number of alkyl halides is 1.